The van der Waals surface area contributed by atoms with Gasteiger partial charge in [0.2, 0.25) is 0 Å². The van der Waals surface area contributed by atoms with Gasteiger partial charge in [-0.05, 0) is 54.5 Å². The molecule has 1 aliphatic rings. The zero-order valence-electron chi connectivity index (χ0n) is 13.8. The lowest BCUT2D eigenvalue weighted by Gasteiger charge is -2.31. The standard InChI is InChI=1S/C18H28ClNO/c1-5-20-16(18(2,3)4)8-6-7-13-11-15(19)12-14-9-10-21-17(13)14/h11-12,16,20H,5-10H2,1-4H3. The molecule has 0 saturated carbocycles. The summed E-state index contributed by atoms with van der Waals surface area (Å²) in [5.74, 6) is 1.09. The highest BCUT2D eigenvalue weighted by Gasteiger charge is 2.23. The summed E-state index contributed by atoms with van der Waals surface area (Å²) >= 11 is 6.22. The third kappa shape index (κ3) is 4.37. The van der Waals surface area contributed by atoms with Crippen molar-refractivity contribution >= 4 is 11.6 Å². The molecular weight excluding hydrogens is 282 g/mol. The molecule has 0 aromatic heterocycles. The monoisotopic (exact) mass is 309 g/mol. The van der Waals surface area contributed by atoms with Crippen molar-refractivity contribution in [3.63, 3.8) is 0 Å². The Morgan fingerprint density at radius 2 is 2.10 bits per heavy atom. The Balaban J connectivity index is 1.97. The van der Waals surface area contributed by atoms with E-state index in [0.29, 0.717) is 11.5 Å². The van der Waals surface area contributed by atoms with Crippen molar-refractivity contribution in [1.29, 1.82) is 0 Å². The molecule has 1 heterocycles. The van der Waals surface area contributed by atoms with Gasteiger partial charge in [0, 0.05) is 17.5 Å². The number of rotatable bonds is 6. The van der Waals surface area contributed by atoms with Crippen molar-refractivity contribution in [3.05, 3.63) is 28.3 Å². The van der Waals surface area contributed by atoms with Gasteiger partial charge in [0.1, 0.15) is 5.75 Å². The Bertz CT molecular complexity index is 479. The highest BCUT2D eigenvalue weighted by atomic mass is 35.5. The average Bonchev–Trinajstić information content (AvgIpc) is 2.84. The number of halogens is 1. The summed E-state index contributed by atoms with van der Waals surface area (Å²) in [6, 6.07) is 4.67. The van der Waals surface area contributed by atoms with Crippen LogP contribution in [0.15, 0.2) is 12.1 Å². The molecule has 1 aromatic carbocycles. The summed E-state index contributed by atoms with van der Waals surface area (Å²) in [6.45, 7) is 10.9. The minimum Gasteiger partial charge on any atom is -0.493 e. The van der Waals surface area contributed by atoms with E-state index in [1.54, 1.807) is 0 Å². The number of benzene rings is 1. The van der Waals surface area contributed by atoms with Crippen LogP contribution < -0.4 is 10.1 Å². The van der Waals surface area contributed by atoms with Crippen molar-refractivity contribution in [3.8, 4) is 5.75 Å². The topological polar surface area (TPSA) is 21.3 Å². The first kappa shape index (κ1) is 16.6. The molecule has 1 aromatic rings. The quantitative estimate of drug-likeness (QED) is 0.827. The van der Waals surface area contributed by atoms with E-state index in [9.17, 15) is 0 Å². The summed E-state index contributed by atoms with van der Waals surface area (Å²) in [4.78, 5) is 0. The van der Waals surface area contributed by atoms with E-state index in [0.717, 1.165) is 43.2 Å². The van der Waals surface area contributed by atoms with E-state index in [1.807, 2.05) is 6.07 Å². The first-order chi connectivity index (χ1) is 9.91. The van der Waals surface area contributed by atoms with Gasteiger partial charge in [-0.25, -0.2) is 0 Å². The largest absolute Gasteiger partial charge is 0.493 e. The van der Waals surface area contributed by atoms with Gasteiger partial charge in [-0.3, -0.25) is 0 Å². The van der Waals surface area contributed by atoms with Gasteiger partial charge in [0.05, 0.1) is 6.61 Å². The number of hydrogen-bond donors (Lipinski definition) is 1. The van der Waals surface area contributed by atoms with E-state index in [-0.39, 0.29) is 0 Å². The van der Waals surface area contributed by atoms with Crippen LogP contribution in [0.5, 0.6) is 5.75 Å². The summed E-state index contributed by atoms with van der Waals surface area (Å²) in [7, 11) is 0. The van der Waals surface area contributed by atoms with Gasteiger partial charge in [-0.15, -0.1) is 0 Å². The maximum atomic E-state index is 6.22. The molecule has 0 bridgehead atoms. The van der Waals surface area contributed by atoms with Crippen LogP contribution in [0.1, 0.15) is 51.7 Å². The van der Waals surface area contributed by atoms with Crippen LogP contribution in [0.25, 0.3) is 0 Å². The Morgan fingerprint density at radius 1 is 1.33 bits per heavy atom. The molecule has 0 fully saturated rings. The number of ether oxygens (including phenoxy) is 1. The number of fused-ring (bicyclic) bond motifs is 1. The van der Waals surface area contributed by atoms with Crippen LogP contribution in [0, 0.1) is 5.41 Å². The molecule has 118 valence electrons. The normalized spacial score (nSPS) is 15.7. The summed E-state index contributed by atoms with van der Waals surface area (Å²) in [5, 5.41) is 4.46. The highest BCUT2D eigenvalue weighted by Crippen LogP contribution is 2.34. The number of hydrogen-bond acceptors (Lipinski definition) is 2. The average molecular weight is 310 g/mol. The Morgan fingerprint density at radius 3 is 2.76 bits per heavy atom. The first-order valence-electron chi connectivity index (χ1n) is 8.09. The van der Waals surface area contributed by atoms with Crippen LogP contribution >= 0.6 is 11.6 Å². The van der Waals surface area contributed by atoms with Crippen molar-refractivity contribution in [2.24, 2.45) is 5.41 Å². The van der Waals surface area contributed by atoms with Gasteiger partial charge in [-0.2, -0.15) is 0 Å². The first-order valence-corrected chi connectivity index (χ1v) is 8.47. The zero-order valence-corrected chi connectivity index (χ0v) is 14.5. The van der Waals surface area contributed by atoms with Gasteiger partial charge in [0.25, 0.3) is 0 Å². The minimum atomic E-state index is 0.294. The molecule has 0 spiro atoms. The molecular formula is C18H28ClNO. The molecule has 2 rings (SSSR count). The maximum Gasteiger partial charge on any atom is 0.125 e. The lowest BCUT2D eigenvalue weighted by Crippen LogP contribution is -2.40. The smallest absolute Gasteiger partial charge is 0.125 e. The zero-order chi connectivity index (χ0) is 15.5. The number of aryl methyl sites for hydroxylation is 1. The summed E-state index contributed by atoms with van der Waals surface area (Å²) < 4.78 is 5.78. The lowest BCUT2D eigenvalue weighted by molar-refractivity contribution is 0.254. The van der Waals surface area contributed by atoms with Gasteiger partial charge < -0.3 is 10.1 Å². The second-order valence-corrected chi connectivity index (χ2v) is 7.46. The summed E-state index contributed by atoms with van der Waals surface area (Å²) in [6.07, 6.45) is 4.37. The fraction of sp³-hybridized carbons (Fsp3) is 0.667. The molecule has 1 N–H and O–H groups in total. The van der Waals surface area contributed by atoms with E-state index in [4.69, 9.17) is 16.3 Å². The SMILES string of the molecule is CCNC(CCCc1cc(Cl)cc2c1OCC2)C(C)(C)C. The molecule has 1 unspecified atom stereocenters. The van der Waals surface area contributed by atoms with Crippen molar-refractivity contribution in [2.45, 2.75) is 59.4 Å². The van der Waals surface area contributed by atoms with Crippen LogP contribution in [0.3, 0.4) is 0 Å². The van der Waals surface area contributed by atoms with Crippen molar-refractivity contribution in [2.75, 3.05) is 13.2 Å². The van der Waals surface area contributed by atoms with Crippen LogP contribution in [0.2, 0.25) is 5.02 Å². The van der Waals surface area contributed by atoms with E-state index in [2.05, 4.69) is 39.1 Å². The third-order valence-electron chi connectivity index (χ3n) is 4.26. The van der Waals surface area contributed by atoms with Crippen LogP contribution in [-0.2, 0) is 12.8 Å². The maximum absolute atomic E-state index is 6.22. The van der Waals surface area contributed by atoms with E-state index >= 15 is 0 Å². The molecule has 1 atom stereocenters. The molecule has 0 amide bonds. The van der Waals surface area contributed by atoms with E-state index in [1.165, 1.54) is 17.5 Å². The van der Waals surface area contributed by atoms with Gasteiger partial charge in [0.15, 0.2) is 0 Å². The molecule has 0 saturated heterocycles. The highest BCUT2D eigenvalue weighted by molar-refractivity contribution is 6.30. The van der Waals surface area contributed by atoms with Crippen LogP contribution in [-0.4, -0.2) is 19.2 Å². The fourth-order valence-corrected chi connectivity index (χ4v) is 3.38. The Labute approximate surface area is 134 Å². The third-order valence-corrected chi connectivity index (χ3v) is 4.48. The molecule has 0 aliphatic carbocycles. The fourth-order valence-electron chi connectivity index (χ4n) is 3.12. The lowest BCUT2D eigenvalue weighted by atomic mass is 9.83. The Hall–Kier alpha value is -0.730. The Kier molecular flexibility index (Phi) is 5.56. The molecule has 0 radical (unpaired) electrons. The molecule has 21 heavy (non-hydrogen) atoms. The van der Waals surface area contributed by atoms with Crippen molar-refractivity contribution in [1.82, 2.24) is 5.32 Å². The predicted molar refractivity (Wildman–Crippen MR) is 90.5 cm³/mol. The summed E-state index contributed by atoms with van der Waals surface area (Å²) in [5.41, 5.74) is 2.85. The molecule has 3 heteroatoms. The number of nitrogens with one attached hydrogen (secondary N) is 1. The van der Waals surface area contributed by atoms with Crippen LogP contribution in [0.4, 0.5) is 0 Å². The predicted octanol–water partition coefficient (Wildman–Crippen LogP) is 4.62. The van der Waals surface area contributed by atoms with Gasteiger partial charge in [-0.1, -0.05) is 39.3 Å². The second kappa shape index (κ2) is 7.02. The van der Waals surface area contributed by atoms with Gasteiger partial charge >= 0.3 is 0 Å². The van der Waals surface area contributed by atoms with E-state index < -0.39 is 0 Å². The molecule has 1 aliphatic heterocycles. The molecule has 2 nitrogen and oxygen atoms in total. The second-order valence-electron chi connectivity index (χ2n) is 7.02. The van der Waals surface area contributed by atoms with Crippen molar-refractivity contribution < 1.29 is 4.74 Å². The minimum absolute atomic E-state index is 0.294.